The van der Waals surface area contributed by atoms with Gasteiger partial charge in [-0.1, -0.05) is 0 Å². The summed E-state index contributed by atoms with van der Waals surface area (Å²) in [7, 11) is 0. The van der Waals surface area contributed by atoms with Crippen LogP contribution in [0.4, 0.5) is 17.1 Å². The fraction of sp³-hybridized carbons (Fsp3) is 0.538. The number of ether oxygens (including phenoxy) is 1. The van der Waals surface area contributed by atoms with Gasteiger partial charge in [-0.2, -0.15) is 0 Å². The summed E-state index contributed by atoms with van der Waals surface area (Å²) in [5.74, 6) is 0. The zero-order valence-corrected chi connectivity index (χ0v) is 11.2. The van der Waals surface area contributed by atoms with Gasteiger partial charge in [0, 0.05) is 24.4 Å². The summed E-state index contributed by atoms with van der Waals surface area (Å²) in [6, 6.07) is 5.03. The summed E-state index contributed by atoms with van der Waals surface area (Å²) in [5.41, 5.74) is 6.47. The topological polar surface area (TPSA) is 90.4 Å². The predicted molar refractivity (Wildman–Crippen MR) is 74.2 cm³/mol. The molecule has 0 spiro atoms. The number of rotatable bonds is 3. The van der Waals surface area contributed by atoms with Gasteiger partial charge in [0.05, 0.1) is 10.5 Å². The van der Waals surface area contributed by atoms with Crippen LogP contribution in [0.5, 0.6) is 0 Å². The molecule has 2 rings (SSSR count). The van der Waals surface area contributed by atoms with Gasteiger partial charge in [0.2, 0.25) is 0 Å². The molecule has 3 N–H and O–H groups in total. The van der Waals surface area contributed by atoms with Gasteiger partial charge >= 0.3 is 0 Å². The van der Waals surface area contributed by atoms with Crippen molar-refractivity contribution in [2.24, 2.45) is 0 Å². The number of nitrogens with two attached hydrogens (primary N) is 1. The van der Waals surface area contributed by atoms with Crippen LogP contribution < -0.4 is 11.1 Å². The molecule has 1 aliphatic rings. The Hall–Kier alpha value is -1.82. The van der Waals surface area contributed by atoms with Crippen LogP contribution in [0.2, 0.25) is 0 Å². The molecule has 1 unspecified atom stereocenters. The zero-order valence-electron chi connectivity index (χ0n) is 11.2. The molecule has 6 heteroatoms. The van der Waals surface area contributed by atoms with Gasteiger partial charge in [-0.25, -0.2) is 0 Å². The molecule has 1 saturated heterocycles. The number of nitrogens with zero attached hydrogens (tertiary/aromatic N) is 1. The van der Waals surface area contributed by atoms with Crippen molar-refractivity contribution < 1.29 is 9.66 Å². The summed E-state index contributed by atoms with van der Waals surface area (Å²) in [4.78, 5) is 10.2. The lowest BCUT2D eigenvalue weighted by Crippen LogP contribution is -2.40. The second-order valence-electron chi connectivity index (χ2n) is 5.47. The van der Waals surface area contributed by atoms with E-state index in [0.717, 1.165) is 18.5 Å². The normalized spacial score (nSPS) is 21.9. The van der Waals surface area contributed by atoms with E-state index in [4.69, 9.17) is 10.5 Å². The quantitative estimate of drug-likeness (QED) is 0.498. The Morgan fingerprint density at radius 2 is 2.26 bits per heavy atom. The minimum atomic E-state index is -0.476. The standard InChI is InChI=1S/C13H19N3O3/c1-13(2)8-10(5-6-19-13)15-9-3-4-12(16(17)18)11(14)7-9/h3-4,7,10,15H,5-6,8,14H2,1-2H3. The maximum Gasteiger partial charge on any atom is 0.292 e. The molecule has 0 bridgehead atoms. The average molecular weight is 265 g/mol. The molecule has 1 aliphatic heterocycles. The van der Waals surface area contributed by atoms with Crippen molar-refractivity contribution in [2.45, 2.75) is 38.3 Å². The van der Waals surface area contributed by atoms with Crippen LogP contribution in [0.25, 0.3) is 0 Å². The van der Waals surface area contributed by atoms with E-state index in [2.05, 4.69) is 19.2 Å². The Labute approximate surface area is 112 Å². The van der Waals surface area contributed by atoms with E-state index >= 15 is 0 Å². The summed E-state index contributed by atoms with van der Waals surface area (Å²) >= 11 is 0. The van der Waals surface area contributed by atoms with E-state index < -0.39 is 4.92 Å². The first-order chi connectivity index (χ1) is 8.87. The lowest BCUT2D eigenvalue weighted by Gasteiger charge is -2.36. The van der Waals surface area contributed by atoms with Crippen LogP contribution in [0, 0.1) is 10.1 Å². The molecule has 6 nitrogen and oxygen atoms in total. The summed E-state index contributed by atoms with van der Waals surface area (Å²) in [6.07, 6.45) is 1.81. The fourth-order valence-corrected chi connectivity index (χ4v) is 2.40. The third kappa shape index (κ3) is 3.35. The summed E-state index contributed by atoms with van der Waals surface area (Å²) in [5, 5.41) is 14.1. The van der Waals surface area contributed by atoms with Gasteiger partial charge in [0.15, 0.2) is 0 Å². The van der Waals surface area contributed by atoms with Crippen LogP contribution >= 0.6 is 0 Å². The van der Waals surface area contributed by atoms with Crippen LogP contribution in [-0.4, -0.2) is 23.2 Å². The van der Waals surface area contributed by atoms with Crippen molar-refractivity contribution in [2.75, 3.05) is 17.7 Å². The van der Waals surface area contributed by atoms with Crippen molar-refractivity contribution in [1.82, 2.24) is 0 Å². The van der Waals surface area contributed by atoms with E-state index in [0.29, 0.717) is 12.6 Å². The van der Waals surface area contributed by atoms with Crippen molar-refractivity contribution in [3.8, 4) is 0 Å². The molecule has 1 heterocycles. The van der Waals surface area contributed by atoms with E-state index in [-0.39, 0.29) is 17.0 Å². The van der Waals surface area contributed by atoms with Crippen molar-refractivity contribution in [1.29, 1.82) is 0 Å². The number of nitrogens with one attached hydrogen (secondary N) is 1. The Bertz CT molecular complexity index is 488. The second-order valence-corrected chi connectivity index (χ2v) is 5.47. The minimum Gasteiger partial charge on any atom is -0.393 e. The maximum atomic E-state index is 10.7. The largest absolute Gasteiger partial charge is 0.393 e. The molecule has 0 amide bonds. The van der Waals surface area contributed by atoms with Crippen molar-refractivity contribution in [3.05, 3.63) is 28.3 Å². The van der Waals surface area contributed by atoms with Gasteiger partial charge in [0.25, 0.3) is 5.69 Å². The molecule has 0 radical (unpaired) electrons. The SMILES string of the molecule is CC1(C)CC(Nc2ccc([N+](=O)[O-])c(N)c2)CCO1. The average Bonchev–Trinajstić information content (AvgIpc) is 2.27. The number of benzene rings is 1. The highest BCUT2D eigenvalue weighted by Gasteiger charge is 2.28. The number of hydrogen-bond donors (Lipinski definition) is 2. The van der Waals surface area contributed by atoms with Gasteiger partial charge in [0.1, 0.15) is 5.69 Å². The highest BCUT2D eigenvalue weighted by molar-refractivity contribution is 5.66. The Morgan fingerprint density at radius 3 is 2.84 bits per heavy atom. The number of hydrogen-bond acceptors (Lipinski definition) is 5. The molecule has 1 fully saturated rings. The second kappa shape index (κ2) is 5.05. The first-order valence-corrected chi connectivity index (χ1v) is 6.32. The molecule has 1 atom stereocenters. The van der Waals surface area contributed by atoms with Crippen molar-refractivity contribution >= 4 is 17.1 Å². The van der Waals surface area contributed by atoms with Crippen molar-refractivity contribution in [3.63, 3.8) is 0 Å². The zero-order chi connectivity index (χ0) is 14.0. The van der Waals surface area contributed by atoms with E-state index in [9.17, 15) is 10.1 Å². The van der Waals surface area contributed by atoms with Crippen LogP contribution in [-0.2, 0) is 4.74 Å². The lowest BCUT2D eigenvalue weighted by molar-refractivity contribution is -0.383. The molecule has 1 aromatic rings. The highest BCUT2D eigenvalue weighted by atomic mass is 16.6. The van der Waals surface area contributed by atoms with Crippen LogP contribution in [0.3, 0.4) is 0 Å². The first kappa shape index (κ1) is 13.6. The highest BCUT2D eigenvalue weighted by Crippen LogP contribution is 2.29. The summed E-state index contributed by atoms with van der Waals surface area (Å²) < 4.78 is 5.65. The molecule has 104 valence electrons. The number of nitro groups is 1. The maximum absolute atomic E-state index is 10.7. The van der Waals surface area contributed by atoms with Gasteiger partial charge in [-0.15, -0.1) is 0 Å². The monoisotopic (exact) mass is 265 g/mol. The Balaban J connectivity index is 2.07. The molecule has 19 heavy (non-hydrogen) atoms. The van der Waals surface area contributed by atoms with Crippen LogP contribution in [0.1, 0.15) is 26.7 Å². The number of anilines is 2. The van der Waals surface area contributed by atoms with E-state index in [1.807, 2.05) is 0 Å². The van der Waals surface area contributed by atoms with Crippen LogP contribution in [0.15, 0.2) is 18.2 Å². The lowest BCUT2D eigenvalue weighted by atomic mass is 9.94. The summed E-state index contributed by atoms with van der Waals surface area (Å²) in [6.45, 7) is 4.84. The van der Waals surface area contributed by atoms with Gasteiger partial charge < -0.3 is 15.8 Å². The molecular formula is C13H19N3O3. The van der Waals surface area contributed by atoms with Gasteiger partial charge in [-0.05, 0) is 38.8 Å². The molecule has 0 aromatic heterocycles. The van der Waals surface area contributed by atoms with Gasteiger partial charge in [-0.3, -0.25) is 10.1 Å². The Kier molecular flexibility index (Phi) is 3.61. The Morgan fingerprint density at radius 1 is 1.53 bits per heavy atom. The smallest absolute Gasteiger partial charge is 0.292 e. The number of nitro benzene ring substituents is 1. The van der Waals surface area contributed by atoms with E-state index in [1.54, 1.807) is 12.1 Å². The predicted octanol–water partition coefficient (Wildman–Crippen LogP) is 2.55. The minimum absolute atomic E-state index is 0.0575. The third-order valence-electron chi connectivity index (χ3n) is 3.29. The van der Waals surface area contributed by atoms with E-state index in [1.165, 1.54) is 6.07 Å². The first-order valence-electron chi connectivity index (χ1n) is 6.32. The molecule has 1 aromatic carbocycles. The third-order valence-corrected chi connectivity index (χ3v) is 3.29. The molecule has 0 aliphatic carbocycles. The molecular weight excluding hydrogens is 246 g/mol. The number of nitrogen functional groups attached to an aromatic ring is 1. The molecule has 0 saturated carbocycles. The fourth-order valence-electron chi connectivity index (χ4n) is 2.40.